The van der Waals surface area contributed by atoms with Gasteiger partial charge in [-0.3, -0.25) is 0 Å². The molecule has 0 spiro atoms. The predicted octanol–water partition coefficient (Wildman–Crippen LogP) is 2.97. The van der Waals surface area contributed by atoms with Crippen molar-refractivity contribution in [2.75, 3.05) is 30.9 Å². The van der Waals surface area contributed by atoms with Crippen LogP contribution in [0.1, 0.15) is 19.8 Å². The zero-order valence-electron chi connectivity index (χ0n) is 10.5. The third-order valence-electron chi connectivity index (χ3n) is 2.74. The van der Waals surface area contributed by atoms with Crippen molar-refractivity contribution in [1.82, 2.24) is 9.97 Å². The zero-order chi connectivity index (χ0) is 12.3. The van der Waals surface area contributed by atoms with Crippen LogP contribution in [0.4, 0.5) is 11.8 Å². The molecule has 1 N–H and O–H groups in total. The zero-order valence-corrected chi connectivity index (χ0v) is 11.3. The summed E-state index contributed by atoms with van der Waals surface area (Å²) in [4.78, 5) is 12.3. The van der Waals surface area contributed by atoms with Gasteiger partial charge in [0.15, 0.2) is 0 Å². The molecule has 2 aromatic heterocycles. The number of anilines is 2. The molecule has 5 heteroatoms. The smallest absolute Gasteiger partial charge is 0.225 e. The van der Waals surface area contributed by atoms with Gasteiger partial charge in [0.2, 0.25) is 5.95 Å². The lowest BCUT2D eigenvalue weighted by Gasteiger charge is -2.19. The molecule has 0 fully saturated rings. The fraction of sp³-hybridized carbons (Fsp3) is 0.500. The third kappa shape index (κ3) is 2.49. The number of thiophene rings is 1. The Balaban J connectivity index is 2.39. The normalized spacial score (nSPS) is 10.8. The summed E-state index contributed by atoms with van der Waals surface area (Å²) >= 11 is 1.65. The minimum absolute atomic E-state index is 0.693. The van der Waals surface area contributed by atoms with Crippen molar-refractivity contribution in [2.24, 2.45) is 0 Å². The molecule has 0 aliphatic heterocycles. The quantitative estimate of drug-likeness (QED) is 0.885. The second-order valence-corrected chi connectivity index (χ2v) is 4.93. The van der Waals surface area contributed by atoms with Crippen molar-refractivity contribution in [3.63, 3.8) is 0 Å². The van der Waals surface area contributed by atoms with Crippen LogP contribution < -0.4 is 10.2 Å². The summed E-state index contributed by atoms with van der Waals surface area (Å²) in [7, 11) is 3.94. The maximum atomic E-state index is 4.55. The molecule has 2 aromatic rings. The number of fused-ring (bicyclic) bond motifs is 1. The summed E-state index contributed by atoms with van der Waals surface area (Å²) in [6.45, 7) is 3.23. The molecule has 0 saturated heterocycles. The Morgan fingerprint density at radius 2 is 2.24 bits per heavy atom. The minimum Gasteiger partial charge on any atom is -0.359 e. The van der Waals surface area contributed by atoms with Crippen molar-refractivity contribution >= 4 is 33.3 Å². The second kappa shape index (κ2) is 5.31. The van der Waals surface area contributed by atoms with Crippen LogP contribution in [0.5, 0.6) is 0 Å². The highest BCUT2D eigenvalue weighted by molar-refractivity contribution is 7.16. The fourth-order valence-electron chi connectivity index (χ4n) is 1.74. The molecule has 2 rings (SSSR count). The second-order valence-electron chi connectivity index (χ2n) is 4.04. The molecule has 0 atom stereocenters. The Kier molecular flexibility index (Phi) is 3.78. The van der Waals surface area contributed by atoms with E-state index in [-0.39, 0.29) is 0 Å². The Hall–Kier alpha value is -1.36. The molecule has 4 nitrogen and oxygen atoms in total. The maximum Gasteiger partial charge on any atom is 0.225 e. The molecule has 92 valence electrons. The van der Waals surface area contributed by atoms with Gasteiger partial charge in [0.25, 0.3) is 0 Å². The summed E-state index contributed by atoms with van der Waals surface area (Å²) in [6, 6.07) is 2.09. The third-order valence-corrected chi connectivity index (χ3v) is 3.54. The van der Waals surface area contributed by atoms with E-state index in [1.165, 1.54) is 12.8 Å². The Morgan fingerprint density at radius 1 is 1.41 bits per heavy atom. The van der Waals surface area contributed by atoms with Gasteiger partial charge in [-0.25, -0.2) is 4.98 Å². The molecule has 0 saturated carbocycles. The van der Waals surface area contributed by atoms with Crippen molar-refractivity contribution in [3.8, 4) is 0 Å². The standard InChI is InChI=1S/C12H18N4S/c1-4-5-7-16(3)10-9-6-8-17-11(9)15-12(13-2)14-10/h6,8H,4-5,7H2,1-3H3,(H,13,14,15). The summed E-state index contributed by atoms with van der Waals surface area (Å²) in [5.74, 6) is 1.72. The van der Waals surface area contributed by atoms with Crippen molar-refractivity contribution in [2.45, 2.75) is 19.8 Å². The number of unbranched alkanes of at least 4 members (excludes halogenated alkanes) is 1. The van der Waals surface area contributed by atoms with Gasteiger partial charge in [0, 0.05) is 20.6 Å². The van der Waals surface area contributed by atoms with E-state index >= 15 is 0 Å². The number of nitrogens with zero attached hydrogens (tertiary/aromatic N) is 3. The van der Waals surface area contributed by atoms with E-state index in [0.717, 1.165) is 22.6 Å². The SMILES string of the molecule is CCCCN(C)c1nc(NC)nc2sccc12. The fourth-order valence-corrected chi connectivity index (χ4v) is 2.50. The van der Waals surface area contributed by atoms with Gasteiger partial charge in [0.1, 0.15) is 10.6 Å². The topological polar surface area (TPSA) is 41.1 Å². The van der Waals surface area contributed by atoms with Crippen LogP contribution in [-0.4, -0.2) is 30.6 Å². The average Bonchev–Trinajstić information content (AvgIpc) is 2.82. The van der Waals surface area contributed by atoms with Crippen LogP contribution in [0.25, 0.3) is 10.2 Å². The van der Waals surface area contributed by atoms with Gasteiger partial charge in [-0.2, -0.15) is 4.98 Å². The minimum atomic E-state index is 0.693. The number of hydrogen-bond acceptors (Lipinski definition) is 5. The molecule has 17 heavy (non-hydrogen) atoms. The lowest BCUT2D eigenvalue weighted by molar-refractivity contribution is 0.761. The highest BCUT2D eigenvalue weighted by atomic mass is 32.1. The molecule has 0 bridgehead atoms. The van der Waals surface area contributed by atoms with Crippen LogP contribution in [0.2, 0.25) is 0 Å². The van der Waals surface area contributed by atoms with E-state index in [4.69, 9.17) is 0 Å². The number of hydrogen-bond donors (Lipinski definition) is 1. The van der Waals surface area contributed by atoms with Crippen molar-refractivity contribution in [1.29, 1.82) is 0 Å². The van der Waals surface area contributed by atoms with Crippen LogP contribution in [0, 0.1) is 0 Å². The lowest BCUT2D eigenvalue weighted by atomic mass is 10.3. The molecule has 0 unspecified atom stereocenters. The van der Waals surface area contributed by atoms with E-state index in [1.54, 1.807) is 11.3 Å². The first kappa shape index (κ1) is 12.1. The Morgan fingerprint density at radius 3 is 2.94 bits per heavy atom. The first-order valence-corrected chi connectivity index (χ1v) is 6.78. The summed E-state index contributed by atoms with van der Waals surface area (Å²) in [5, 5.41) is 6.23. The van der Waals surface area contributed by atoms with Crippen molar-refractivity contribution < 1.29 is 0 Å². The molecular formula is C12H18N4S. The predicted molar refractivity (Wildman–Crippen MR) is 75.1 cm³/mol. The number of aromatic nitrogens is 2. The highest BCUT2D eigenvalue weighted by Crippen LogP contribution is 2.28. The van der Waals surface area contributed by atoms with E-state index in [0.29, 0.717) is 5.95 Å². The monoisotopic (exact) mass is 250 g/mol. The molecular weight excluding hydrogens is 232 g/mol. The summed E-state index contributed by atoms with van der Waals surface area (Å²) < 4.78 is 0. The van der Waals surface area contributed by atoms with Crippen molar-refractivity contribution in [3.05, 3.63) is 11.4 Å². The van der Waals surface area contributed by atoms with E-state index in [1.807, 2.05) is 7.05 Å². The molecule has 0 radical (unpaired) electrons. The number of rotatable bonds is 5. The van der Waals surface area contributed by atoms with Crippen LogP contribution in [0.3, 0.4) is 0 Å². The van der Waals surface area contributed by atoms with Crippen LogP contribution in [-0.2, 0) is 0 Å². The highest BCUT2D eigenvalue weighted by Gasteiger charge is 2.11. The average molecular weight is 250 g/mol. The lowest BCUT2D eigenvalue weighted by Crippen LogP contribution is -2.20. The molecule has 0 aliphatic carbocycles. The Bertz CT molecular complexity index is 494. The van der Waals surface area contributed by atoms with Gasteiger partial charge >= 0.3 is 0 Å². The molecule has 0 aromatic carbocycles. The molecule has 0 aliphatic rings. The first-order chi connectivity index (χ1) is 8.26. The van der Waals surface area contributed by atoms with E-state index in [2.05, 4.69) is 45.6 Å². The van der Waals surface area contributed by atoms with Gasteiger partial charge in [-0.05, 0) is 17.9 Å². The van der Waals surface area contributed by atoms with E-state index in [9.17, 15) is 0 Å². The Labute approximate surface area is 106 Å². The maximum absolute atomic E-state index is 4.55. The number of nitrogens with one attached hydrogen (secondary N) is 1. The first-order valence-electron chi connectivity index (χ1n) is 5.90. The van der Waals surface area contributed by atoms with Gasteiger partial charge in [-0.1, -0.05) is 13.3 Å². The largest absolute Gasteiger partial charge is 0.359 e. The van der Waals surface area contributed by atoms with Gasteiger partial charge in [-0.15, -0.1) is 11.3 Å². The van der Waals surface area contributed by atoms with Gasteiger partial charge in [0.05, 0.1) is 5.39 Å². The summed E-state index contributed by atoms with van der Waals surface area (Å²) in [6.07, 6.45) is 2.38. The van der Waals surface area contributed by atoms with Crippen LogP contribution >= 0.6 is 11.3 Å². The molecule has 2 heterocycles. The van der Waals surface area contributed by atoms with Crippen LogP contribution in [0.15, 0.2) is 11.4 Å². The van der Waals surface area contributed by atoms with E-state index < -0.39 is 0 Å². The van der Waals surface area contributed by atoms with Gasteiger partial charge < -0.3 is 10.2 Å². The molecule has 0 amide bonds. The summed E-state index contributed by atoms with van der Waals surface area (Å²) in [5.41, 5.74) is 0.